The Morgan fingerprint density at radius 3 is 2.56 bits per heavy atom. The molecule has 0 aromatic heterocycles. The Morgan fingerprint density at radius 2 is 2.00 bits per heavy atom. The van der Waals surface area contributed by atoms with Crippen LogP contribution < -0.4 is 5.32 Å². The molecule has 0 aliphatic carbocycles. The number of carbonyl (C=O) groups excluding carboxylic acids is 1. The summed E-state index contributed by atoms with van der Waals surface area (Å²) in [4.78, 5) is 13.5. The summed E-state index contributed by atoms with van der Waals surface area (Å²) >= 11 is 0. The van der Waals surface area contributed by atoms with Crippen molar-refractivity contribution in [2.45, 2.75) is 33.2 Å². The molecule has 0 spiro atoms. The average molecular weight is 248 g/mol. The molecule has 1 aromatic rings. The summed E-state index contributed by atoms with van der Waals surface area (Å²) in [5, 5.41) is 3.46. The molecule has 2 unspecified atom stereocenters. The molecule has 1 rings (SSSR count). The number of anilines is 1. The highest BCUT2D eigenvalue weighted by Crippen LogP contribution is 2.17. The van der Waals surface area contributed by atoms with E-state index in [9.17, 15) is 4.79 Å². The van der Waals surface area contributed by atoms with Crippen LogP contribution in [0, 0.1) is 5.92 Å². The molecule has 2 atom stereocenters. The van der Waals surface area contributed by atoms with Gasteiger partial charge in [-0.15, -0.1) is 0 Å². The van der Waals surface area contributed by atoms with Crippen LogP contribution in [0.25, 0.3) is 0 Å². The van der Waals surface area contributed by atoms with Gasteiger partial charge in [0.2, 0.25) is 0 Å². The molecule has 3 heteroatoms. The predicted octanol–water partition coefficient (Wildman–Crippen LogP) is 3.23. The third-order valence-electron chi connectivity index (χ3n) is 3.41. The standard InChI is InChI=1S/C15H24N2O/c1-6-11(2)12(3)16-14-9-7-8-13(10-14)15(18)17(4)5/h7-12,16H,6H2,1-5H3. The summed E-state index contributed by atoms with van der Waals surface area (Å²) in [5.74, 6) is 0.646. The lowest BCUT2D eigenvalue weighted by molar-refractivity contribution is 0.0827. The molecule has 0 fully saturated rings. The van der Waals surface area contributed by atoms with Crippen LogP contribution >= 0.6 is 0 Å². The summed E-state index contributed by atoms with van der Waals surface area (Å²) < 4.78 is 0. The van der Waals surface area contributed by atoms with Gasteiger partial charge in [0, 0.05) is 31.4 Å². The number of hydrogen-bond donors (Lipinski definition) is 1. The van der Waals surface area contributed by atoms with Gasteiger partial charge < -0.3 is 10.2 Å². The van der Waals surface area contributed by atoms with Crippen LogP contribution in [0.1, 0.15) is 37.6 Å². The van der Waals surface area contributed by atoms with E-state index in [0.29, 0.717) is 12.0 Å². The van der Waals surface area contributed by atoms with Gasteiger partial charge in [-0.05, 0) is 31.0 Å². The molecule has 1 N–H and O–H groups in total. The SMILES string of the molecule is CCC(C)C(C)Nc1cccc(C(=O)N(C)C)c1. The minimum absolute atomic E-state index is 0.0369. The zero-order valence-electron chi connectivity index (χ0n) is 12.0. The number of amides is 1. The second kappa shape index (κ2) is 6.43. The highest BCUT2D eigenvalue weighted by atomic mass is 16.2. The van der Waals surface area contributed by atoms with Crippen LogP contribution in [-0.4, -0.2) is 30.9 Å². The van der Waals surface area contributed by atoms with Crippen molar-refractivity contribution in [2.75, 3.05) is 19.4 Å². The lowest BCUT2D eigenvalue weighted by Gasteiger charge is -2.21. The Balaban J connectivity index is 2.80. The zero-order valence-corrected chi connectivity index (χ0v) is 12.0. The molecule has 0 heterocycles. The van der Waals surface area contributed by atoms with Crippen LogP contribution in [0.5, 0.6) is 0 Å². The van der Waals surface area contributed by atoms with Crippen molar-refractivity contribution in [3.8, 4) is 0 Å². The molecule has 100 valence electrons. The summed E-state index contributed by atoms with van der Waals surface area (Å²) in [5.41, 5.74) is 1.73. The fourth-order valence-electron chi connectivity index (χ4n) is 1.76. The van der Waals surface area contributed by atoms with Gasteiger partial charge in [-0.1, -0.05) is 26.3 Å². The Hall–Kier alpha value is -1.51. The largest absolute Gasteiger partial charge is 0.382 e. The lowest BCUT2D eigenvalue weighted by Crippen LogP contribution is -2.24. The van der Waals surface area contributed by atoms with Crippen molar-refractivity contribution in [3.05, 3.63) is 29.8 Å². The quantitative estimate of drug-likeness (QED) is 0.867. The number of hydrogen-bond acceptors (Lipinski definition) is 2. The highest BCUT2D eigenvalue weighted by molar-refractivity contribution is 5.94. The number of nitrogens with zero attached hydrogens (tertiary/aromatic N) is 1. The van der Waals surface area contributed by atoms with Gasteiger partial charge in [0.05, 0.1) is 0 Å². The Kier molecular flexibility index (Phi) is 5.20. The zero-order chi connectivity index (χ0) is 13.7. The Bertz CT molecular complexity index is 401. The molecule has 1 amide bonds. The smallest absolute Gasteiger partial charge is 0.253 e. The van der Waals surface area contributed by atoms with Crippen molar-refractivity contribution in [2.24, 2.45) is 5.92 Å². The second-order valence-corrected chi connectivity index (χ2v) is 5.10. The van der Waals surface area contributed by atoms with E-state index in [1.54, 1.807) is 19.0 Å². The van der Waals surface area contributed by atoms with Crippen LogP contribution in [0.15, 0.2) is 24.3 Å². The normalized spacial score (nSPS) is 13.8. The maximum atomic E-state index is 11.9. The van der Waals surface area contributed by atoms with Crippen molar-refractivity contribution < 1.29 is 4.79 Å². The molecule has 0 saturated heterocycles. The third-order valence-corrected chi connectivity index (χ3v) is 3.41. The first kappa shape index (κ1) is 14.6. The minimum atomic E-state index is 0.0369. The first-order valence-corrected chi connectivity index (χ1v) is 6.54. The molecule has 0 bridgehead atoms. The molecule has 3 nitrogen and oxygen atoms in total. The van der Waals surface area contributed by atoms with Crippen LogP contribution in [0.3, 0.4) is 0 Å². The summed E-state index contributed by atoms with van der Waals surface area (Å²) in [6, 6.07) is 8.09. The van der Waals surface area contributed by atoms with Crippen LogP contribution in [0.4, 0.5) is 5.69 Å². The van der Waals surface area contributed by atoms with Crippen molar-refractivity contribution in [3.63, 3.8) is 0 Å². The van der Waals surface area contributed by atoms with Gasteiger partial charge in [0.25, 0.3) is 5.91 Å². The van der Waals surface area contributed by atoms with E-state index < -0.39 is 0 Å². The topological polar surface area (TPSA) is 32.3 Å². The van der Waals surface area contributed by atoms with E-state index in [2.05, 4.69) is 26.1 Å². The number of benzene rings is 1. The average Bonchev–Trinajstić information content (AvgIpc) is 2.36. The fourth-order valence-corrected chi connectivity index (χ4v) is 1.76. The highest BCUT2D eigenvalue weighted by Gasteiger charge is 2.12. The van der Waals surface area contributed by atoms with Gasteiger partial charge in [-0.2, -0.15) is 0 Å². The molecule has 1 aromatic carbocycles. The maximum Gasteiger partial charge on any atom is 0.253 e. The number of nitrogens with one attached hydrogen (secondary N) is 1. The van der Waals surface area contributed by atoms with Crippen molar-refractivity contribution in [1.82, 2.24) is 4.90 Å². The Morgan fingerprint density at radius 1 is 1.33 bits per heavy atom. The van der Waals surface area contributed by atoms with E-state index in [4.69, 9.17) is 0 Å². The van der Waals surface area contributed by atoms with Crippen LogP contribution in [0.2, 0.25) is 0 Å². The molecular weight excluding hydrogens is 224 g/mol. The van der Waals surface area contributed by atoms with Gasteiger partial charge in [0.1, 0.15) is 0 Å². The minimum Gasteiger partial charge on any atom is -0.382 e. The molecule has 0 saturated carbocycles. The van der Waals surface area contributed by atoms with Gasteiger partial charge in [-0.25, -0.2) is 0 Å². The number of rotatable bonds is 5. The van der Waals surface area contributed by atoms with Crippen molar-refractivity contribution >= 4 is 11.6 Å². The molecular formula is C15H24N2O. The molecule has 0 aliphatic heterocycles. The van der Waals surface area contributed by atoms with Crippen molar-refractivity contribution in [1.29, 1.82) is 0 Å². The third kappa shape index (κ3) is 3.76. The monoisotopic (exact) mass is 248 g/mol. The first-order chi connectivity index (χ1) is 8.45. The van der Waals surface area contributed by atoms with E-state index in [1.807, 2.05) is 24.3 Å². The first-order valence-electron chi connectivity index (χ1n) is 6.54. The molecule has 0 aliphatic rings. The maximum absolute atomic E-state index is 11.9. The van der Waals surface area contributed by atoms with Gasteiger partial charge in [-0.3, -0.25) is 4.79 Å². The summed E-state index contributed by atoms with van der Waals surface area (Å²) in [6.07, 6.45) is 1.14. The summed E-state index contributed by atoms with van der Waals surface area (Å²) in [7, 11) is 3.54. The molecule has 18 heavy (non-hydrogen) atoms. The molecule has 0 radical (unpaired) electrons. The Labute approximate surface area is 110 Å². The van der Waals surface area contributed by atoms with E-state index >= 15 is 0 Å². The fraction of sp³-hybridized carbons (Fsp3) is 0.533. The van der Waals surface area contributed by atoms with Gasteiger partial charge >= 0.3 is 0 Å². The second-order valence-electron chi connectivity index (χ2n) is 5.10. The van der Waals surface area contributed by atoms with E-state index in [0.717, 1.165) is 17.7 Å². The van der Waals surface area contributed by atoms with Crippen LogP contribution in [-0.2, 0) is 0 Å². The predicted molar refractivity (Wildman–Crippen MR) is 77.0 cm³/mol. The summed E-state index contributed by atoms with van der Waals surface area (Å²) in [6.45, 7) is 6.59. The van der Waals surface area contributed by atoms with E-state index in [-0.39, 0.29) is 5.91 Å². The van der Waals surface area contributed by atoms with E-state index in [1.165, 1.54) is 0 Å². The number of carbonyl (C=O) groups is 1. The van der Waals surface area contributed by atoms with Gasteiger partial charge in [0.15, 0.2) is 0 Å². The lowest BCUT2D eigenvalue weighted by atomic mass is 10.0.